The highest BCUT2D eigenvalue weighted by Crippen LogP contribution is 2.29. The molecule has 0 amide bonds. The summed E-state index contributed by atoms with van der Waals surface area (Å²) < 4.78 is 78.8. The molecule has 0 bridgehead atoms. The minimum atomic E-state index is -5.06. The van der Waals surface area contributed by atoms with E-state index in [4.69, 9.17) is 0 Å². The lowest BCUT2D eigenvalue weighted by Crippen LogP contribution is -2.42. The summed E-state index contributed by atoms with van der Waals surface area (Å²) in [6.45, 7) is 0.557. The molecule has 0 aliphatic carbocycles. The van der Waals surface area contributed by atoms with Crippen molar-refractivity contribution in [1.82, 2.24) is 9.80 Å². The summed E-state index contributed by atoms with van der Waals surface area (Å²) in [5.74, 6) is -3.97. The smallest absolute Gasteiger partial charge is 0.373 e. The van der Waals surface area contributed by atoms with E-state index in [1.165, 1.54) is 58.3 Å². The molecule has 10 heteroatoms. The first-order valence-corrected chi connectivity index (χ1v) is 10.2. The van der Waals surface area contributed by atoms with Crippen LogP contribution in [0.3, 0.4) is 0 Å². The van der Waals surface area contributed by atoms with Gasteiger partial charge in [-0.2, -0.15) is 26.3 Å². The van der Waals surface area contributed by atoms with Crippen LogP contribution in [0.5, 0.6) is 0 Å². The number of carbonyl (C=O) groups excluding carboxylic acids is 2. The summed E-state index contributed by atoms with van der Waals surface area (Å²) in [6, 6.07) is 14.8. The summed E-state index contributed by atoms with van der Waals surface area (Å²) >= 11 is 0. The molecule has 1 aliphatic rings. The zero-order valence-corrected chi connectivity index (χ0v) is 17.7. The molecule has 180 valence electrons. The number of Topliss-reactive ketones (excluding diaryl/α,β-unsaturated/α-hetero) is 2. The summed E-state index contributed by atoms with van der Waals surface area (Å²) in [4.78, 5) is 27.0. The van der Waals surface area contributed by atoms with Crippen molar-refractivity contribution >= 4 is 22.7 Å². The quantitative estimate of drug-likeness (QED) is 0.432. The Kier molecular flexibility index (Phi) is 7.48. The van der Waals surface area contributed by atoms with Gasteiger partial charge in [-0.3, -0.25) is 9.59 Å². The first kappa shape index (κ1) is 25.1. The van der Waals surface area contributed by atoms with E-state index in [9.17, 15) is 35.9 Å². The first-order valence-electron chi connectivity index (χ1n) is 10.2. The highest BCUT2D eigenvalue weighted by Gasteiger charge is 2.42. The lowest BCUT2D eigenvalue weighted by molar-refractivity contribution is -0.164. The molecule has 0 unspecified atom stereocenters. The number of hydrogen-bond donors (Lipinski definition) is 0. The van der Waals surface area contributed by atoms with Crippen molar-refractivity contribution in [3.8, 4) is 0 Å². The fourth-order valence-corrected chi connectivity index (χ4v) is 3.43. The molecule has 1 fully saturated rings. The van der Waals surface area contributed by atoms with Crippen LogP contribution in [0.2, 0.25) is 0 Å². The molecule has 34 heavy (non-hydrogen) atoms. The molecule has 2 aromatic rings. The Morgan fingerprint density at radius 1 is 0.588 bits per heavy atom. The fourth-order valence-electron chi connectivity index (χ4n) is 3.43. The monoisotopic (exact) mass is 482 g/mol. The average molecular weight is 482 g/mol. The molecule has 4 nitrogen and oxygen atoms in total. The normalized spacial score (nSPS) is 15.9. The number of benzene rings is 2. The van der Waals surface area contributed by atoms with Gasteiger partial charge in [-0.1, -0.05) is 60.7 Å². The van der Waals surface area contributed by atoms with Gasteiger partial charge in [0.2, 0.25) is 0 Å². The number of hydrogen-bond acceptors (Lipinski definition) is 4. The lowest BCUT2D eigenvalue weighted by atomic mass is 10.0. The first-order chi connectivity index (χ1) is 16.0. The zero-order valence-electron chi connectivity index (χ0n) is 17.7. The van der Waals surface area contributed by atoms with E-state index >= 15 is 0 Å². The molecule has 1 saturated heterocycles. The van der Waals surface area contributed by atoms with Crippen LogP contribution in [0.4, 0.5) is 26.3 Å². The fraction of sp³-hybridized carbons (Fsp3) is 0.250. The van der Waals surface area contributed by atoms with Crippen molar-refractivity contribution in [2.75, 3.05) is 26.2 Å². The van der Waals surface area contributed by atoms with Gasteiger partial charge in [-0.25, -0.2) is 0 Å². The van der Waals surface area contributed by atoms with E-state index in [0.29, 0.717) is 0 Å². The van der Waals surface area contributed by atoms with Gasteiger partial charge < -0.3 is 9.80 Å². The predicted octanol–water partition coefficient (Wildman–Crippen LogP) is 4.95. The summed E-state index contributed by atoms with van der Waals surface area (Å²) in [5.41, 5.74) is -0.827. The molecule has 1 heterocycles. The minimum Gasteiger partial charge on any atom is -0.373 e. The SMILES string of the molecule is O=C(/C(=C/N1CCN(/C=C(/C(=O)C(F)(F)F)c2ccccc2)CC1)c1ccccc1)C(F)(F)F. The van der Waals surface area contributed by atoms with Gasteiger partial charge in [0, 0.05) is 38.6 Å². The van der Waals surface area contributed by atoms with E-state index in [2.05, 4.69) is 0 Å². The molecule has 0 aromatic heterocycles. The van der Waals surface area contributed by atoms with Crippen LogP contribution in [0.1, 0.15) is 11.1 Å². The Balaban J connectivity index is 1.82. The molecule has 0 N–H and O–H groups in total. The molecular weight excluding hydrogens is 462 g/mol. The molecule has 0 atom stereocenters. The third-order valence-corrected chi connectivity index (χ3v) is 5.15. The number of allylic oxidation sites excluding steroid dienone is 2. The highest BCUT2D eigenvalue weighted by atomic mass is 19.4. The molecule has 0 spiro atoms. The summed E-state index contributed by atoms with van der Waals surface area (Å²) in [7, 11) is 0. The molecular formula is C24H20F6N2O2. The highest BCUT2D eigenvalue weighted by molar-refractivity contribution is 6.23. The maximum absolute atomic E-state index is 13.1. The predicted molar refractivity (Wildman–Crippen MR) is 114 cm³/mol. The standard InChI is InChI=1S/C24H20F6N2O2/c25-23(26,27)21(33)19(17-7-3-1-4-8-17)15-31-11-13-32(14-12-31)16-20(22(34)24(28,29)30)18-9-5-2-6-10-18/h1-10,15-16H,11-14H2/b19-15+,20-16+. The van der Waals surface area contributed by atoms with E-state index in [1.807, 2.05) is 0 Å². The van der Waals surface area contributed by atoms with Crippen molar-refractivity contribution in [2.24, 2.45) is 0 Å². The Labute approximate surface area is 191 Å². The second-order valence-electron chi connectivity index (χ2n) is 7.54. The number of nitrogens with zero attached hydrogens (tertiary/aromatic N) is 2. The number of piperazine rings is 1. The number of ketones is 2. The van der Waals surface area contributed by atoms with Gasteiger partial charge >= 0.3 is 12.4 Å². The summed E-state index contributed by atoms with van der Waals surface area (Å²) in [6.07, 6.45) is -7.86. The van der Waals surface area contributed by atoms with Crippen molar-refractivity contribution in [3.05, 3.63) is 84.2 Å². The van der Waals surface area contributed by atoms with Gasteiger partial charge in [0.25, 0.3) is 11.6 Å². The Bertz CT molecular complexity index is 981. The Hall–Kier alpha value is -3.56. The average Bonchev–Trinajstić information content (AvgIpc) is 2.81. The van der Waals surface area contributed by atoms with Crippen LogP contribution < -0.4 is 0 Å². The molecule has 3 rings (SSSR count). The van der Waals surface area contributed by atoms with E-state index in [0.717, 1.165) is 12.4 Å². The largest absolute Gasteiger partial charge is 0.454 e. The van der Waals surface area contributed by atoms with Gasteiger partial charge in [0.05, 0.1) is 11.1 Å². The molecule has 1 aliphatic heterocycles. The van der Waals surface area contributed by atoms with E-state index < -0.39 is 35.1 Å². The van der Waals surface area contributed by atoms with Crippen molar-refractivity contribution in [2.45, 2.75) is 12.4 Å². The van der Waals surface area contributed by atoms with Crippen molar-refractivity contribution < 1.29 is 35.9 Å². The molecule has 2 aromatic carbocycles. The van der Waals surface area contributed by atoms with E-state index in [-0.39, 0.29) is 37.3 Å². The van der Waals surface area contributed by atoms with Crippen LogP contribution in [-0.2, 0) is 9.59 Å². The number of alkyl halides is 6. The van der Waals surface area contributed by atoms with Crippen molar-refractivity contribution in [3.63, 3.8) is 0 Å². The Morgan fingerprint density at radius 3 is 1.15 bits per heavy atom. The number of carbonyl (C=O) groups is 2. The third-order valence-electron chi connectivity index (χ3n) is 5.15. The topological polar surface area (TPSA) is 40.6 Å². The third kappa shape index (κ3) is 6.27. The summed E-state index contributed by atoms with van der Waals surface area (Å²) in [5, 5.41) is 0. The lowest BCUT2D eigenvalue weighted by Gasteiger charge is -2.34. The van der Waals surface area contributed by atoms with Gasteiger partial charge in [-0.15, -0.1) is 0 Å². The number of rotatable bonds is 6. The van der Waals surface area contributed by atoms with Gasteiger partial charge in [0.15, 0.2) is 0 Å². The van der Waals surface area contributed by atoms with Crippen LogP contribution in [-0.4, -0.2) is 59.9 Å². The van der Waals surface area contributed by atoms with Crippen molar-refractivity contribution in [1.29, 1.82) is 0 Å². The van der Waals surface area contributed by atoms with Crippen LogP contribution >= 0.6 is 0 Å². The maximum atomic E-state index is 13.1. The second-order valence-corrected chi connectivity index (χ2v) is 7.54. The number of halogens is 6. The Morgan fingerprint density at radius 2 is 0.882 bits per heavy atom. The van der Waals surface area contributed by atoms with Crippen LogP contribution in [0.25, 0.3) is 11.1 Å². The molecule has 0 radical (unpaired) electrons. The van der Waals surface area contributed by atoms with Gasteiger partial charge in [0.1, 0.15) is 0 Å². The van der Waals surface area contributed by atoms with E-state index in [1.54, 1.807) is 12.1 Å². The minimum absolute atomic E-state index is 0.106. The maximum Gasteiger partial charge on any atom is 0.454 e. The van der Waals surface area contributed by atoms with Crippen LogP contribution in [0, 0.1) is 0 Å². The van der Waals surface area contributed by atoms with Crippen LogP contribution in [0.15, 0.2) is 73.1 Å². The zero-order chi connectivity index (χ0) is 24.9. The van der Waals surface area contributed by atoms with Gasteiger partial charge in [-0.05, 0) is 11.1 Å². The molecule has 0 saturated carbocycles. The second kappa shape index (κ2) is 10.1.